The summed E-state index contributed by atoms with van der Waals surface area (Å²) in [6.45, 7) is 6.44. The normalized spacial score (nSPS) is 11.8. The monoisotopic (exact) mass is 404 g/mol. The number of ether oxygens (including phenoxy) is 1. The van der Waals surface area contributed by atoms with Crippen molar-refractivity contribution < 1.29 is 23.5 Å². The number of rotatable bonds is 7. The minimum atomic E-state index is -1.03. The van der Waals surface area contributed by atoms with Crippen LogP contribution >= 0.6 is 0 Å². The highest BCUT2D eigenvalue weighted by atomic mass is 19.1. The van der Waals surface area contributed by atoms with Gasteiger partial charge in [-0.1, -0.05) is 26.0 Å². The van der Waals surface area contributed by atoms with E-state index in [1.54, 1.807) is 39.4 Å². The Kier molecular flexibility index (Phi) is 7.08. The molecular weight excluding hydrogens is 379 g/mol. The summed E-state index contributed by atoms with van der Waals surface area (Å²) in [5, 5.41) is 9.33. The summed E-state index contributed by atoms with van der Waals surface area (Å²) in [6.07, 6.45) is 0. The summed E-state index contributed by atoms with van der Waals surface area (Å²) in [6, 6.07) is 4.43. The Balaban J connectivity index is 1.98. The summed E-state index contributed by atoms with van der Waals surface area (Å²) >= 11 is 0. The first kappa shape index (κ1) is 22.1. The molecular formula is C20H25FN4O4. The van der Waals surface area contributed by atoms with Crippen molar-refractivity contribution in [3.8, 4) is 0 Å². The number of esters is 1. The minimum Gasteiger partial charge on any atom is -0.454 e. The van der Waals surface area contributed by atoms with Gasteiger partial charge in [-0.3, -0.25) is 14.3 Å². The highest BCUT2D eigenvalue weighted by Gasteiger charge is 2.27. The van der Waals surface area contributed by atoms with Crippen molar-refractivity contribution in [2.45, 2.75) is 33.7 Å². The molecule has 2 rings (SSSR count). The SMILES string of the molecule is Cc1nn(C)c(C)c1NC(=O)COC(=O)[C@@H](NC(=O)c1ccccc1F)C(C)C. The lowest BCUT2D eigenvalue weighted by Crippen LogP contribution is -2.46. The largest absolute Gasteiger partial charge is 0.454 e. The van der Waals surface area contributed by atoms with E-state index in [0.717, 1.165) is 11.8 Å². The number of halogens is 1. The molecule has 9 heteroatoms. The number of amides is 2. The number of anilines is 1. The Labute approximate surface area is 168 Å². The van der Waals surface area contributed by atoms with Crippen LogP contribution < -0.4 is 10.6 Å². The van der Waals surface area contributed by atoms with E-state index in [0.29, 0.717) is 11.4 Å². The second-order valence-electron chi connectivity index (χ2n) is 7.00. The van der Waals surface area contributed by atoms with E-state index in [1.807, 2.05) is 0 Å². The van der Waals surface area contributed by atoms with Gasteiger partial charge in [0, 0.05) is 7.05 Å². The molecule has 8 nitrogen and oxygen atoms in total. The fourth-order valence-electron chi connectivity index (χ4n) is 2.72. The molecule has 0 spiro atoms. The standard InChI is InChI=1S/C20H25FN4O4/c1-11(2)17(23-19(27)14-8-6-7-9-15(14)21)20(28)29-10-16(26)22-18-12(3)24-25(5)13(18)4/h6-9,11,17H,10H2,1-5H3,(H,22,26)(H,23,27)/t17-/m0/s1. The zero-order chi connectivity index (χ0) is 21.7. The van der Waals surface area contributed by atoms with Crippen LogP contribution in [-0.2, 0) is 21.4 Å². The number of hydrogen-bond donors (Lipinski definition) is 2. The van der Waals surface area contributed by atoms with Gasteiger partial charge in [0.05, 0.1) is 22.6 Å². The van der Waals surface area contributed by atoms with Gasteiger partial charge in [0.2, 0.25) is 0 Å². The summed E-state index contributed by atoms with van der Waals surface area (Å²) in [5.41, 5.74) is 1.79. The van der Waals surface area contributed by atoms with Crippen LogP contribution in [0.3, 0.4) is 0 Å². The Morgan fingerprint density at radius 1 is 1.21 bits per heavy atom. The quantitative estimate of drug-likeness (QED) is 0.688. The van der Waals surface area contributed by atoms with Crippen molar-refractivity contribution >= 4 is 23.5 Å². The van der Waals surface area contributed by atoms with E-state index in [4.69, 9.17) is 4.74 Å². The number of aryl methyl sites for hydroxylation is 2. The summed E-state index contributed by atoms with van der Waals surface area (Å²) in [5.74, 6) is -3.06. The van der Waals surface area contributed by atoms with Crippen molar-refractivity contribution in [3.05, 3.63) is 47.0 Å². The van der Waals surface area contributed by atoms with E-state index in [1.165, 1.54) is 18.2 Å². The number of hydrogen-bond acceptors (Lipinski definition) is 5. The van der Waals surface area contributed by atoms with Gasteiger partial charge in [-0.15, -0.1) is 0 Å². The van der Waals surface area contributed by atoms with Gasteiger partial charge in [-0.05, 0) is 31.9 Å². The van der Waals surface area contributed by atoms with Crippen LogP contribution in [0.1, 0.15) is 35.6 Å². The van der Waals surface area contributed by atoms with E-state index < -0.39 is 36.2 Å². The molecule has 1 heterocycles. The van der Waals surface area contributed by atoms with Crippen LogP contribution in [0.15, 0.2) is 24.3 Å². The van der Waals surface area contributed by atoms with Gasteiger partial charge in [0.15, 0.2) is 6.61 Å². The number of aromatic nitrogens is 2. The van der Waals surface area contributed by atoms with Crippen molar-refractivity contribution in [2.75, 3.05) is 11.9 Å². The Hall–Kier alpha value is -3.23. The summed E-state index contributed by atoms with van der Waals surface area (Å²) in [7, 11) is 1.75. The number of carbonyl (C=O) groups is 3. The molecule has 0 unspecified atom stereocenters. The van der Waals surface area contributed by atoms with Crippen LogP contribution in [-0.4, -0.2) is 40.2 Å². The van der Waals surface area contributed by atoms with Gasteiger partial charge >= 0.3 is 5.97 Å². The van der Waals surface area contributed by atoms with Crippen LogP contribution in [0, 0.1) is 25.6 Å². The lowest BCUT2D eigenvalue weighted by atomic mass is 10.0. The van der Waals surface area contributed by atoms with Crippen molar-refractivity contribution in [3.63, 3.8) is 0 Å². The lowest BCUT2D eigenvalue weighted by Gasteiger charge is -2.21. The van der Waals surface area contributed by atoms with E-state index in [9.17, 15) is 18.8 Å². The molecule has 0 aliphatic carbocycles. The van der Waals surface area contributed by atoms with Crippen LogP contribution in [0.2, 0.25) is 0 Å². The minimum absolute atomic E-state index is 0.175. The maximum absolute atomic E-state index is 13.8. The molecule has 0 aliphatic rings. The molecule has 0 saturated heterocycles. The Bertz CT molecular complexity index is 923. The summed E-state index contributed by atoms with van der Waals surface area (Å²) < 4.78 is 20.5. The lowest BCUT2D eigenvalue weighted by molar-refractivity contribution is -0.150. The molecule has 1 aromatic heterocycles. The van der Waals surface area contributed by atoms with Crippen LogP contribution in [0.25, 0.3) is 0 Å². The molecule has 2 aromatic rings. The topological polar surface area (TPSA) is 102 Å². The molecule has 0 aliphatic heterocycles. The van der Waals surface area contributed by atoms with Crippen LogP contribution in [0.4, 0.5) is 10.1 Å². The van der Waals surface area contributed by atoms with Crippen molar-refractivity contribution in [1.82, 2.24) is 15.1 Å². The smallest absolute Gasteiger partial charge is 0.329 e. The fourth-order valence-corrected chi connectivity index (χ4v) is 2.72. The zero-order valence-electron chi connectivity index (χ0n) is 17.1. The van der Waals surface area contributed by atoms with Gasteiger partial charge in [-0.2, -0.15) is 5.10 Å². The molecule has 0 fully saturated rings. The number of carbonyl (C=O) groups excluding carboxylic acids is 3. The number of benzene rings is 1. The van der Waals surface area contributed by atoms with E-state index in [-0.39, 0.29) is 11.5 Å². The van der Waals surface area contributed by atoms with Crippen molar-refractivity contribution in [1.29, 1.82) is 0 Å². The average Bonchev–Trinajstić information content (AvgIpc) is 2.90. The molecule has 2 N–H and O–H groups in total. The van der Waals surface area contributed by atoms with Gasteiger partial charge in [-0.25, -0.2) is 9.18 Å². The molecule has 2 amide bonds. The third-order valence-corrected chi connectivity index (χ3v) is 4.44. The number of nitrogens with one attached hydrogen (secondary N) is 2. The van der Waals surface area contributed by atoms with E-state index in [2.05, 4.69) is 15.7 Å². The van der Waals surface area contributed by atoms with Crippen molar-refractivity contribution in [2.24, 2.45) is 13.0 Å². The fraction of sp³-hybridized carbons (Fsp3) is 0.400. The van der Waals surface area contributed by atoms with Gasteiger partial charge in [0.1, 0.15) is 11.9 Å². The maximum Gasteiger partial charge on any atom is 0.329 e. The maximum atomic E-state index is 13.8. The Morgan fingerprint density at radius 3 is 2.41 bits per heavy atom. The van der Waals surface area contributed by atoms with Gasteiger partial charge < -0.3 is 15.4 Å². The molecule has 0 saturated carbocycles. The van der Waals surface area contributed by atoms with Gasteiger partial charge in [0.25, 0.3) is 11.8 Å². The molecule has 156 valence electrons. The highest BCUT2D eigenvalue weighted by molar-refractivity contribution is 5.98. The predicted octanol–water partition coefficient (Wildman–Crippen LogP) is 2.11. The van der Waals surface area contributed by atoms with E-state index >= 15 is 0 Å². The summed E-state index contributed by atoms with van der Waals surface area (Å²) in [4.78, 5) is 36.8. The first-order valence-corrected chi connectivity index (χ1v) is 9.13. The molecule has 1 atom stereocenters. The Morgan fingerprint density at radius 2 is 1.86 bits per heavy atom. The number of nitrogens with zero attached hydrogens (tertiary/aromatic N) is 2. The third kappa shape index (κ3) is 5.40. The molecule has 1 aromatic carbocycles. The molecule has 29 heavy (non-hydrogen) atoms. The second kappa shape index (κ2) is 9.31. The molecule has 0 radical (unpaired) electrons. The van der Waals surface area contributed by atoms with Crippen LogP contribution in [0.5, 0.6) is 0 Å². The molecule has 0 bridgehead atoms. The zero-order valence-corrected chi connectivity index (χ0v) is 17.1. The first-order valence-electron chi connectivity index (χ1n) is 9.13. The average molecular weight is 404 g/mol. The third-order valence-electron chi connectivity index (χ3n) is 4.44. The second-order valence-corrected chi connectivity index (χ2v) is 7.00. The predicted molar refractivity (Wildman–Crippen MR) is 105 cm³/mol. The highest BCUT2D eigenvalue weighted by Crippen LogP contribution is 2.18. The first-order chi connectivity index (χ1) is 13.6.